The van der Waals surface area contributed by atoms with Crippen LogP contribution in [0.2, 0.25) is 0 Å². The van der Waals surface area contributed by atoms with Crippen LogP contribution >= 0.6 is 11.3 Å². The van der Waals surface area contributed by atoms with Crippen molar-refractivity contribution in [2.24, 2.45) is 0 Å². The molecule has 4 aromatic rings. The molecule has 0 fully saturated rings. The number of hydrogen-bond donors (Lipinski definition) is 2. The second-order valence-electron chi connectivity index (χ2n) is 8.16. The van der Waals surface area contributed by atoms with Gasteiger partial charge < -0.3 is 20.3 Å². The minimum atomic E-state index is -0.0661. The SMILES string of the molecule is CCN(CC)CCNC(=O)c1ccc(Nc2nc(C)nc3scc(-c4ccc(OC)cc4)c23)cc1. The number of thiophene rings is 1. The highest BCUT2D eigenvalue weighted by Crippen LogP contribution is 2.38. The molecule has 0 spiro atoms. The Hall–Kier alpha value is -3.49. The molecule has 2 aromatic carbocycles. The number of carbonyl (C=O) groups is 1. The summed E-state index contributed by atoms with van der Waals surface area (Å²) < 4.78 is 5.30. The maximum atomic E-state index is 12.5. The Bertz CT molecular complexity index is 1280. The monoisotopic (exact) mass is 489 g/mol. The van der Waals surface area contributed by atoms with Crippen molar-refractivity contribution in [3.05, 3.63) is 65.3 Å². The number of anilines is 2. The van der Waals surface area contributed by atoms with Crippen molar-refractivity contribution in [1.82, 2.24) is 20.2 Å². The number of nitrogens with zero attached hydrogens (tertiary/aromatic N) is 3. The molecule has 7 nitrogen and oxygen atoms in total. The average Bonchev–Trinajstić information content (AvgIpc) is 3.31. The zero-order chi connectivity index (χ0) is 24.8. The van der Waals surface area contributed by atoms with E-state index in [2.05, 4.69) is 39.7 Å². The van der Waals surface area contributed by atoms with Crippen molar-refractivity contribution >= 4 is 39.0 Å². The van der Waals surface area contributed by atoms with Gasteiger partial charge in [-0.2, -0.15) is 0 Å². The highest BCUT2D eigenvalue weighted by molar-refractivity contribution is 7.17. The third-order valence-electron chi connectivity index (χ3n) is 5.96. The van der Waals surface area contributed by atoms with Crippen molar-refractivity contribution in [1.29, 1.82) is 0 Å². The van der Waals surface area contributed by atoms with Gasteiger partial charge in [0.05, 0.1) is 12.5 Å². The minimum Gasteiger partial charge on any atom is -0.497 e. The van der Waals surface area contributed by atoms with Crippen LogP contribution in [-0.2, 0) is 0 Å². The number of aryl methyl sites for hydroxylation is 1. The number of nitrogens with one attached hydrogen (secondary N) is 2. The van der Waals surface area contributed by atoms with Crippen LogP contribution in [0.15, 0.2) is 53.9 Å². The van der Waals surface area contributed by atoms with Gasteiger partial charge in [-0.1, -0.05) is 26.0 Å². The molecule has 0 atom stereocenters. The molecule has 8 heteroatoms. The Morgan fingerprint density at radius 3 is 2.40 bits per heavy atom. The molecule has 35 heavy (non-hydrogen) atoms. The molecule has 0 aliphatic carbocycles. The van der Waals surface area contributed by atoms with Crippen LogP contribution in [0.1, 0.15) is 30.0 Å². The van der Waals surface area contributed by atoms with Crippen LogP contribution in [-0.4, -0.2) is 54.1 Å². The van der Waals surface area contributed by atoms with Gasteiger partial charge in [-0.15, -0.1) is 11.3 Å². The Kier molecular flexibility index (Phi) is 7.94. The van der Waals surface area contributed by atoms with Gasteiger partial charge in [0.25, 0.3) is 5.91 Å². The van der Waals surface area contributed by atoms with Crippen molar-refractivity contribution in [3.63, 3.8) is 0 Å². The minimum absolute atomic E-state index is 0.0661. The Labute approximate surface area is 210 Å². The summed E-state index contributed by atoms with van der Waals surface area (Å²) in [6.45, 7) is 9.58. The van der Waals surface area contributed by atoms with Crippen LogP contribution in [0.25, 0.3) is 21.3 Å². The van der Waals surface area contributed by atoms with Crippen molar-refractivity contribution in [2.75, 3.05) is 38.6 Å². The van der Waals surface area contributed by atoms with Gasteiger partial charge in [0, 0.05) is 35.3 Å². The number of amides is 1. The zero-order valence-electron chi connectivity index (χ0n) is 20.6. The van der Waals surface area contributed by atoms with Crippen LogP contribution in [0.5, 0.6) is 5.75 Å². The van der Waals surface area contributed by atoms with E-state index in [1.165, 1.54) is 0 Å². The van der Waals surface area contributed by atoms with Crippen molar-refractivity contribution < 1.29 is 9.53 Å². The van der Waals surface area contributed by atoms with Crippen LogP contribution in [0, 0.1) is 6.92 Å². The molecule has 4 rings (SSSR count). The van der Waals surface area contributed by atoms with E-state index in [9.17, 15) is 4.79 Å². The molecule has 0 radical (unpaired) electrons. The fraction of sp³-hybridized carbons (Fsp3) is 0.296. The predicted molar refractivity (Wildman–Crippen MR) is 144 cm³/mol. The van der Waals surface area contributed by atoms with E-state index in [0.717, 1.165) is 58.2 Å². The molecule has 1 amide bonds. The Morgan fingerprint density at radius 1 is 1.03 bits per heavy atom. The predicted octanol–water partition coefficient (Wildman–Crippen LogP) is 5.49. The van der Waals surface area contributed by atoms with Crippen molar-refractivity contribution in [2.45, 2.75) is 20.8 Å². The van der Waals surface area contributed by atoms with Crippen molar-refractivity contribution in [3.8, 4) is 16.9 Å². The van der Waals surface area contributed by atoms with Gasteiger partial charge >= 0.3 is 0 Å². The topological polar surface area (TPSA) is 79.4 Å². The molecule has 2 N–H and O–H groups in total. The summed E-state index contributed by atoms with van der Waals surface area (Å²) in [6.07, 6.45) is 0. The van der Waals surface area contributed by atoms with Gasteiger partial charge in [-0.05, 0) is 62.0 Å². The number of benzene rings is 2. The first-order valence-corrected chi connectivity index (χ1v) is 12.7. The van der Waals surface area contributed by atoms with Gasteiger partial charge in [0.1, 0.15) is 22.2 Å². The second-order valence-corrected chi connectivity index (χ2v) is 9.02. The van der Waals surface area contributed by atoms with E-state index in [0.29, 0.717) is 17.9 Å². The normalized spacial score (nSPS) is 11.1. The van der Waals surface area contributed by atoms with Gasteiger partial charge in [-0.25, -0.2) is 9.97 Å². The van der Waals surface area contributed by atoms with Gasteiger partial charge in [0.15, 0.2) is 0 Å². The molecule has 2 aromatic heterocycles. The van der Waals surface area contributed by atoms with Gasteiger partial charge in [0.2, 0.25) is 0 Å². The number of fused-ring (bicyclic) bond motifs is 1. The fourth-order valence-corrected chi connectivity index (χ4v) is 4.93. The summed E-state index contributed by atoms with van der Waals surface area (Å²) >= 11 is 1.60. The summed E-state index contributed by atoms with van der Waals surface area (Å²) in [5.41, 5.74) is 3.63. The summed E-state index contributed by atoms with van der Waals surface area (Å²) in [5.74, 6) is 2.20. The van der Waals surface area contributed by atoms with E-state index >= 15 is 0 Å². The summed E-state index contributed by atoms with van der Waals surface area (Å²) in [6, 6.07) is 15.5. The number of aromatic nitrogens is 2. The molecule has 0 aliphatic rings. The molecule has 0 saturated heterocycles. The third kappa shape index (κ3) is 5.78. The number of likely N-dealkylation sites (N-methyl/N-ethyl adjacent to an activating group) is 1. The largest absolute Gasteiger partial charge is 0.497 e. The highest BCUT2D eigenvalue weighted by Gasteiger charge is 2.15. The quantitative estimate of drug-likeness (QED) is 0.307. The smallest absolute Gasteiger partial charge is 0.251 e. The first-order valence-electron chi connectivity index (χ1n) is 11.8. The number of rotatable bonds is 10. The van der Waals surface area contributed by atoms with E-state index in [1.54, 1.807) is 18.4 Å². The van der Waals surface area contributed by atoms with Gasteiger partial charge in [-0.3, -0.25) is 4.79 Å². The lowest BCUT2D eigenvalue weighted by atomic mass is 10.1. The van der Waals surface area contributed by atoms with Crippen LogP contribution in [0.3, 0.4) is 0 Å². The maximum Gasteiger partial charge on any atom is 0.251 e. The molecule has 182 valence electrons. The Balaban J connectivity index is 1.53. The third-order valence-corrected chi connectivity index (χ3v) is 6.84. The van der Waals surface area contributed by atoms with Crippen LogP contribution < -0.4 is 15.4 Å². The highest BCUT2D eigenvalue weighted by atomic mass is 32.1. The maximum absolute atomic E-state index is 12.5. The molecule has 0 bridgehead atoms. The number of hydrogen-bond acceptors (Lipinski definition) is 7. The first kappa shape index (κ1) is 24.6. The molecular formula is C27H31N5O2S. The van der Waals surface area contributed by atoms with E-state index in [-0.39, 0.29) is 5.91 Å². The summed E-state index contributed by atoms with van der Waals surface area (Å²) in [7, 11) is 1.66. The number of ether oxygens (including phenoxy) is 1. The van der Waals surface area contributed by atoms with E-state index in [1.807, 2.05) is 55.5 Å². The van der Waals surface area contributed by atoms with E-state index in [4.69, 9.17) is 9.72 Å². The molecule has 2 heterocycles. The first-order chi connectivity index (χ1) is 17.0. The van der Waals surface area contributed by atoms with Crippen LogP contribution in [0.4, 0.5) is 11.5 Å². The standard InChI is InChI=1S/C27H31N5O2S/c1-5-32(6-2)16-15-28-26(33)20-7-11-21(12-8-20)31-25-24-23(17-35-27(24)30-18(3)29-25)19-9-13-22(34-4)14-10-19/h7-14,17H,5-6,15-16H2,1-4H3,(H,28,33)(H,29,30,31). The zero-order valence-corrected chi connectivity index (χ0v) is 21.4. The molecule has 0 saturated carbocycles. The fourth-order valence-electron chi connectivity index (χ4n) is 3.93. The second kappa shape index (κ2) is 11.3. The summed E-state index contributed by atoms with van der Waals surface area (Å²) in [4.78, 5) is 25.1. The summed E-state index contributed by atoms with van der Waals surface area (Å²) in [5, 5.41) is 9.52. The number of carbonyl (C=O) groups excluding carboxylic acids is 1. The lowest BCUT2D eigenvalue weighted by Gasteiger charge is -2.18. The molecule has 0 unspecified atom stereocenters. The Morgan fingerprint density at radius 2 is 1.74 bits per heavy atom. The average molecular weight is 490 g/mol. The van der Waals surface area contributed by atoms with E-state index < -0.39 is 0 Å². The number of methoxy groups -OCH3 is 1. The molecular weight excluding hydrogens is 458 g/mol. The lowest BCUT2D eigenvalue weighted by molar-refractivity contribution is 0.0949. The molecule has 0 aliphatic heterocycles. The lowest BCUT2D eigenvalue weighted by Crippen LogP contribution is -2.34.